The molecule has 0 atom stereocenters. The molecule has 1 saturated heterocycles. The van der Waals surface area contributed by atoms with Crippen molar-refractivity contribution in [3.05, 3.63) is 71.6 Å². The Morgan fingerprint density at radius 1 is 1.18 bits per heavy atom. The molecule has 2 aromatic heterocycles. The molecule has 3 aromatic rings. The Kier molecular flexibility index (Phi) is 7.50. The third-order valence-electron chi connectivity index (χ3n) is 6.07. The van der Waals surface area contributed by atoms with E-state index in [4.69, 9.17) is 9.15 Å². The van der Waals surface area contributed by atoms with E-state index in [2.05, 4.69) is 10.3 Å². The molecule has 3 heterocycles. The molecule has 4 rings (SSSR count). The van der Waals surface area contributed by atoms with Gasteiger partial charge in [-0.3, -0.25) is 4.79 Å². The SMILES string of the molecule is Cc1nc(S(=O)(=O)N2CCC(C(=O)NCc3cccc(COCc4ccco4)c3)CC2)cn1C. The molecule has 182 valence electrons. The van der Waals surface area contributed by atoms with Crippen molar-refractivity contribution in [2.45, 2.75) is 44.5 Å². The summed E-state index contributed by atoms with van der Waals surface area (Å²) in [5, 5.41) is 3.05. The number of sulfonamides is 1. The summed E-state index contributed by atoms with van der Waals surface area (Å²) < 4.78 is 39.7. The number of benzene rings is 1. The Hall–Kier alpha value is -2.95. The topological polar surface area (TPSA) is 107 Å². The average molecular weight is 487 g/mol. The van der Waals surface area contributed by atoms with Crippen molar-refractivity contribution in [1.82, 2.24) is 19.2 Å². The van der Waals surface area contributed by atoms with Crippen LogP contribution in [0.5, 0.6) is 0 Å². The number of carbonyl (C=O) groups is 1. The van der Waals surface area contributed by atoms with E-state index in [-0.39, 0.29) is 16.9 Å². The maximum atomic E-state index is 12.8. The second-order valence-corrected chi connectivity index (χ2v) is 10.4. The molecule has 0 saturated carbocycles. The van der Waals surface area contributed by atoms with Crippen molar-refractivity contribution in [1.29, 1.82) is 0 Å². The maximum Gasteiger partial charge on any atom is 0.262 e. The summed E-state index contributed by atoms with van der Waals surface area (Å²) in [6.45, 7) is 3.64. The summed E-state index contributed by atoms with van der Waals surface area (Å²) in [7, 11) is -1.88. The summed E-state index contributed by atoms with van der Waals surface area (Å²) in [5.41, 5.74) is 2.00. The zero-order valence-corrected chi connectivity index (χ0v) is 20.3. The van der Waals surface area contributed by atoms with Crippen LogP contribution in [0.25, 0.3) is 0 Å². The van der Waals surface area contributed by atoms with Crippen LogP contribution in [0.15, 0.2) is 58.3 Å². The quantitative estimate of drug-likeness (QED) is 0.499. The summed E-state index contributed by atoms with van der Waals surface area (Å²) in [5.74, 6) is 1.15. The first-order valence-electron chi connectivity index (χ1n) is 11.3. The number of rotatable bonds is 9. The standard InChI is InChI=1S/C24H30N4O5S/c1-18-26-23(15-27(18)2)34(30,31)28-10-8-21(9-11-28)24(29)25-14-19-5-3-6-20(13-19)16-32-17-22-7-4-12-33-22/h3-7,12-13,15,21H,8-11,14,16-17H2,1-2H3,(H,25,29). The first-order valence-corrected chi connectivity index (χ1v) is 12.7. The number of nitrogens with zero attached hydrogens (tertiary/aromatic N) is 3. The van der Waals surface area contributed by atoms with Crippen LogP contribution in [0.2, 0.25) is 0 Å². The van der Waals surface area contributed by atoms with Gasteiger partial charge in [-0.25, -0.2) is 13.4 Å². The molecule has 1 aromatic carbocycles. The zero-order chi connectivity index (χ0) is 24.1. The third kappa shape index (κ3) is 5.75. The second-order valence-electron chi connectivity index (χ2n) is 8.53. The van der Waals surface area contributed by atoms with Gasteiger partial charge in [-0.1, -0.05) is 24.3 Å². The van der Waals surface area contributed by atoms with E-state index in [1.165, 1.54) is 10.5 Å². The van der Waals surface area contributed by atoms with Crippen molar-refractivity contribution in [3.63, 3.8) is 0 Å². The Labute approximate surface area is 199 Å². The highest BCUT2D eigenvalue weighted by Crippen LogP contribution is 2.23. The predicted octanol–water partition coefficient (Wildman–Crippen LogP) is 2.76. The van der Waals surface area contributed by atoms with E-state index in [0.717, 1.165) is 16.9 Å². The van der Waals surface area contributed by atoms with Gasteiger partial charge in [-0.2, -0.15) is 4.31 Å². The first kappa shape index (κ1) is 24.2. The van der Waals surface area contributed by atoms with Crippen molar-refractivity contribution in [3.8, 4) is 0 Å². The Morgan fingerprint density at radius 2 is 1.94 bits per heavy atom. The number of hydrogen-bond donors (Lipinski definition) is 1. The van der Waals surface area contributed by atoms with Crippen molar-refractivity contribution in [2.75, 3.05) is 13.1 Å². The number of furan rings is 1. The highest BCUT2D eigenvalue weighted by molar-refractivity contribution is 7.89. The molecule has 1 fully saturated rings. The highest BCUT2D eigenvalue weighted by Gasteiger charge is 2.33. The zero-order valence-electron chi connectivity index (χ0n) is 19.4. The molecule has 1 aliphatic heterocycles. The van der Waals surface area contributed by atoms with Gasteiger partial charge in [0.25, 0.3) is 10.0 Å². The van der Waals surface area contributed by atoms with E-state index < -0.39 is 10.0 Å². The number of piperidine rings is 1. The number of nitrogens with one attached hydrogen (secondary N) is 1. The van der Waals surface area contributed by atoms with Gasteiger partial charge in [-0.05, 0) is 43.0 Å². The number of ether oxygens (including phenoxy) is 1. The van der Waals surface area contributed by atoms with Crippen LogP contribution in [0.1, 0.15) is 35.6 Å². The predicted molar refractivity (Wildman–Crippen MR) is 125 cm³/mol. The van der Waals surface area contributed by atoms with Crippen LogP contribution in [0.3, 0.4) is 0 Å². The minimum absolute atomic E-state index is 0.0507. The van der Waals surface area contributed by atoms with Crippen molar-refractivity contribution in [2.24, 2.45) is 13.0 Å². The fourth-order valence-corrected chi connectivity index (χ4v) is 5.46. The lowest BCUT2D eigenvalue weighted by atomic mass is 9.97. The molecule has 9 nitrogen and oxygen atoms in total. The van der Waals surface area contributed by atoms with Crippen LogP contribution in [-0.4, -0.2) is 41.3 Å². The fourth-order valence-electron chi connectivity index (χ4n) is 3.97. The Bertz CT molecular complexity index is 1190. The summed E-state index contributed by atoms with van der Waals surface area (Å²) in [6.07, 6.45) is 4.11. The largest absolute Gasteiger partial charge is 0.467 e. The monoisotopic (exact) mass is 486 g/mol. The van der Waals surface area contributed by atoms with Gasteiger partial charge < -0.3 is 19.0 Å². The fraction of sp³-hybridized carbons (Fsp3) is 0.417. The lowest BCUT2D eigenvalue weighted by molar-refractivity contribution is -0.126. The van der Waals surface area contributed by atoms with Gasteiger partial charge in [0.2, 0.25) is 5.91 Å². The molecule has 0 bridgehead atoms. The van der Waals surface area contributed by atoms with Crippen LogP contribution >= 0.6 is 0 Å². The van der Waals surface area contributed by atoms with Gasteiger partial charge in [0.1, 0.15) is 18.2 Å². The number of carbonyl (C=O) groups excluding carboxylic acids is 1. The molecule has 0 unspecified atom stereocenters. The summed E-state index contributed by atoms with van der Waals surface area (Å²) >= 11 is 0. The molecular formula is C24H30N4O5S. The van der Waals surface area contributed by atoms with E-state index in [1.807, 2.05) is 36.4 Å². The van der Waals surface area contributed by atoms with Gasteiger partial charge in [0.05, 0.1) is 12.9 Å². The Balaban J connectivity index is 1.24. The maximum absolute atomic E-state index is 12.8. The molecule has 34 heavy (non-hydrogen) atoms. The molecular weight excluding hydrogens is 456 g/mol. The normalized spacial score (nSPS) is 15.5. The summed E-state index contributed by atoms with van der Waals surface area (Å²) in [6, 6.07) is 11.6. The van der Waals surface area contributed by atoms with Gasteiger partial charge in [0, 0.05) is 38.8 Å². The van der Waals surface area contributed by atoms with Crippen LogP contribution in [-0.2, 0) is 46.4 Å². The number of hydrogen-bond acceptors (Lipinski definition) is 6. The highest BCUT2D eigenvalue weighted by atomic mass is 32.2. The molecule has 1 aliphatic rings. The number of aromatic nitrogens is 2. The smallest absolute Gasteiger partial charge is 0.262 e. The van der Waals surface area contributed by atoms with Gasteiger partial charge >= 0.3 is 0 Å². The van der Waals surface area contributed by atoms with Crippen molar-refractivity contribution >= 4 is 15.9 Å². The van der Waals surface area contributed by atoms with E-state index in [1.54, 1.807) is 24.8 Å². The van der Waals surface area contributed by atoms with E-state index >= 15 is 0 Å². The molecule has 0 radical (unpaired) electrons. The first-order chi connectivity index (χ1) is 16.3. The number of imidazole rings is 1. The van der Waals surface area contributed by atoms with Gasteiger partial charge in [0.15, 0.2) is 5.03 Å². The average Bonchev–Trinajstić information content (AvgIpc) is 3.48. The summed E-state index contributed by atoms with van der Waals surface area (Å²) in [4.78, 5) is 16.9. The third-order valence-corrected chi connectivity index (χ3v) is 7.84. The van der Waals surface area contributed by atoms with Crippen LogP contribution < -0.4 is 5.32 Å². The van der Waals surface area contributed by atoms with Gasteiger partial charge in [-0.15, -0.1) is 0 Å². The number of aryl methyl sites for hydroxylation is 2. The molecule has 0 spiro atoms. The Morgan fingerprint density at radius 3 is 2.62 bits per heavy atom. The minimum atomic E-state index is -3.64. The molecule has 1 N–H and O–H groups in total. The minimum Gasteiger partial charge on any atom is -0.467 e. The number of amides is 1. The molecule has 1 amide bonds. The van der Waals surface area contributed by atoms with E-state index in [9.17, 15) is 13.2 Å². The van der Waals surface area contributed by atoms with E-state index in [0.29, 0.717) is 51.5 Å². The molecule has 10 heteroatoms. The lowest BCUT2D eigenvalue weighted by Crippen LogP contribution is -2.43. The lowest BCUT2D eigenvalue weighted by Gasteiger charge is -2.30. The van der Waals surface area contributed by atoms with Crippen LogP contribution in [0.4, 0.5) is 0 Å². The van der Waals surface area contributed by atoms with Crippen LogP contribution in [0, 0.1) is 12.8 Å². The molecule has 0 aliphatic carbocycles. The second kappa shape index (κ2) is 10.5. The van der Waals surface area contributed by atoms with Crippen molar-refractivity contribution < 1.29 is 22.4 Å².